The lowest BCUT2D eigenvalue weighted by Crippen LogP contribution is -2.42. The van der Waals surface area contributed by atoms with E-state index < -0.39 is 43.8 Å². The fourth-order valence-electron chi connectivity index (χ4n) is 3.09. The van der Waals surface area contributed by atoms with Gasteiger partial charge in [0.15, 0.2) is 16.4 Å². The van der Waals surface area contributed by atoms with Crippen molar-refractivity contribution in [2.24, 2.45) is 5.92 Å². The minimum atomic E-state index is -3.83. The number of nitro groups is 1. The second kappa shape index (κ2) is 8.47. The predicted molar refractivity (Wildman–Crippen MR) is 96.1 cm³/mol. The number of nitrogens with one attached hydrogen (secondary N) is 1. The van der Waals surface area contributed by atoms with Gasteiger partial charge < -0.3 is 10.1 Å². The molecule has 0 unspecified atom stereocenters. The number of rotatable bonds is 6. The lowest BCUT2D eigenvalue weighted by molar-refractivity contribution is -0.387. The Morgan fingerprint density at radius 3 is 2.56 bits per heavy atom. The standard InChI is InChI=1S/C17H22N2O7S/c1-11-5-3-4-6-13(11)18-16(20)10-26-17(21)12-7-8-15(27(2,24)25)14(9-12)19(22)23/h7-9,11,13H,3-6,10H2,1-2H3,(H,18,20)/t11-,13-/m0/s1. The van der Waals surface area contributed by atoms with E-state index in [1.54, 1.807) is 0 Å². The van der Waals surface area contributed by atoms with Crippen molar-refractivity contribution in [3.05, 3.63) is 33.9 Å². The van der Waals surface area contributed by atoms with Gasteiger partial charge in [0.2, 0.25) is 0 Å². The number of nitro benzene ring substituents is 1. The van der Waals surface area contributed by atoms with Crippen molar-refractivity contribution >= 4 is 27.4 Å². The van der Waals surface area contributed by atoms with Crippen LogP contribution < -0.4 is 5.32 Å². The first-order valence-corrected chi connectivity index (χ1v) is 10.4. The third kappa shape index (κ3) is 5.49. The number of carbonyl (C=O) groups excluding carboxylic acids is 2. The van der Waals surface area contributed by atoms with Crippen molar-refractivity contribution in [1.82, 2.24) is 5.32 Å². The molecule has 0 spiro atoms. The maximum absolute atomic E-state index is 12.1. The molecule has 1 aromatic rings. The lowest BCUT2D eigenvalue weighted by atomic mass is 9.86. The van der Waals surface area contributed by atoms with Gasteiger partial charge in [-0.25, -0.2) is 13.2 Å². The molecule has 1 fully saturated rings. The smallest absolute Gasteiger partial charge is 0.338 e. The number of carbonyl (C=O) groups is 2. The maximum Gasteiger partial charge on any atom is 0.338 e. The van der Waals surface area contributed by atoms with E-state index in [0.717, 1.165) is 50.1 Å². The van der Waals surface area contributed by atoms with E-state index in [1.165, 1.54) is 0 Å². The van der Waals surface area contributed by atoms with Crippen LogP contribution >= 0.6 is 0 Å². The van der Waals surface area contributed by atoms with Gasteiger partial charge in [-0.2, -0.15) is 0 Å². The van der Waals surface area contributed by atoms with E-state index in [1.807, 2.05) is 0 Å². The Balaban J connectivity index is 2.02. The summed E-state index contributed by atoms with van der Waals surface area (Å²) in [4.78, 5) is 33.8. The molecule has 1 amide bonds. The summed E-state index contributed by atoms with van der Waals surface area (Å²) in [6, 6.07) is 2.97. The minimum Gasteiger partial charge on any atom is -0.452 e. The molecule has 148 valence electrons. The van der Waals surface area contributed by atoms with Gasteiger partial charge in [0.1, 0.15) is 4.90 Å². The van der Waals surface area contributed by atoms with Gasteiger partial charge >= 0.3 is 5.97 Å². The summed E-state index contributed by atoms with van der Waals surface area (Å²) < 4.78 is 28.1. The molecule has 1 aliphatic carbocycles. The second-order valence-electron chi connectivity index (χ2n) is 6.72. The van der Waals surface area contributed by atoms with Crippen LogP contribution in [0.4, 0.5) is 5.69 Å². The van der Waals surface area contributed by atoms with E-state index >= 15 is 0 Å². The van der Waals surface area contributed by atoms with E-state index in [9.17, 15) is 28.1 Å². The van der Waals surface area contributed by atoms with E-state index in [-0.39, 0.29) is 11.6 Å². The van der Waals surface area contributed by atoms with Crippen LogP contribution in [-0.4, -0.2) is 44.1 Å². The molecule has 2 rings (SSSR count). The number of benzene rings is 1. The highest BCUT2D eigenvalue weighted by molar-refractivity contribution is 7.90. The molecular weight excluding hydrogens is 376 g/mol. The van der Waals surface area contributed by atoms with Crippen LogP contribution in [0.1, 0.15) is 43.0 Å². The van der Waals surface area contributed by atoms with Crippen molar-refractivity contribution in [2.45, 2.75) is 43.5 Å². The zero-order valence-corrected chi connectivity index (χ0v) is 16.0. The molecule has 0 heterocycles. The molecule has 1 aliphatic rings. The minimum absolute atomic E-state index is 0.0417. The Morgan fingerprint density at radius 1 is 1.30 bits per heavy atom. The van der Waals surface area contributed by atoms with Crippen LogP contribution in [-0.2, 0) is 19.4 Å². The topological polar surface area (TPSA) is 133 Å². The summed E-state index contributed by atoms with van der Waals surface area (Å²) in [6.45, 7) is 1.54. The van der Waals surface area contributed by atoms with E-state index in [2.05, 4.69) is 12.2 Å². The van der Waals surface area contributed by atoms with Crippen molar-refractivity contribution in [1.29, 1.82) is 0 Å². The molecule has 1 aromatic carbocycles. The van der Waals surface area contributed by atoms with Gasteiger partial charge in [-0.15, -0.1) is 0 Å². The number of hydrogen-bond acceptors (Lipinski definition) is 7. The van der Waals surface area contributed by atoms with Crippen molar-refractivity contribution in [3.8, 4) is 0 Å². The normalized spacial score (nSPS) is 19.9. The number of ether oxygens (including phenoxy) is 1. The van der Waals surface area contributed by atoms with Gasteiger partial charge in [0.25, 0.3) is 11.6 Å². The van der Waals surface area contributed by atoms with Gasteiger partial charge in [-0.05, 0) is 30.9 Å². The fourth-order valence-corrected chi connectivity index (χ4v) is 3.92. The summed E-state index contributed by atoms with van der Waals surface area (Å²) in [7, 11) is -3.83. The van der Waals surface area contributed by atoms with Crippen LogP contribution in [0, 0.1) is 16.0 Å². The van der Waals surface area contributed by atoms with Crippen molar-refractivity contribution < 1.29 is 27.7 Å². The summed E-state index contributed by atoms with van der Waals surface area (Å²) in [6.07, 6.45) is 4.90. The quantitative estimate of drug-likeness (QED) is 0.439. The molecule has 9 nitrogen and oxygen atoms in total. The maximum atomic E-state index is 12.1. The molecule has 0 aliphatic heterocycles. The number of nitrogens with zero attached hydrogens (tertiary/aromatic N) is 1. The summed E-state index contributed by atoms with van der Waals surface area (Å²) >= 11 is 0. The van der Waals surface area contributed by atoms with E-state index in [0.29, 0.717) is 5.92 Å². The zero-order valence-electron chi connectivity index (χ0n) is 15.1. The Morgan fingerprint density at radius 2 is 1.96 bits per heavy atom. The van der Waals surface area contributed by atoms with Gasteiger partial charge in [0, 0.05) is 18.4 Å². The Bertz CT molecular complexity index is 851. The molecule has 0 saturated heterocycles. The summed E-state index contributed by atoms with van der Waals surface area (Å²) in [5.41, 5.74) is -0.916. The molecular formula is C17H22N2O7S. The predicted octanol–water partition coefficient (Wildman–Crippen LogP) is 1.85. The SMILES string of the molecule is C[C@H]1CCCC[C@@H]1NC(=O)COC(=O)c1ccc(S(C)(=O)=O)c([N+](=O)[O-])c1. The molecule has 0 radical (unpaired) electrons. The number of sulfone groups is 1. The second-order valence-corrected chi connectivity index (χ2v) is 8.71. The third-order valence-corrected chi connectivity index (χ3v) is 5.73. The van der Waals surface area contributed by atoms with Gasteiger partial charge in [-0.1, -0.05) is 19.8 Å². The number of esters is 1. The van der Waals surface area contributed by atoms with Crippen molar-refractivity contribution in [3.63, 3.8) is 0 Å². The third-order valence-electron chi connectivity index (χ3n) is 4.58. The highest BCUT2D eigenvalue weighted by Crippen LogP contribution is 2.25. The average Bonchev–Trinajstić information content (AvgIpc) is 2.60. The first-order valence-electron chi connectivity index (χ1n) is 8.54. The molecule has 1 saturated carbocycles. The highest BCUT2D eigenvalue weighted by Gasteiger charge is 2.26. The summed E-state index contributed by atoms with van der Waals surface area (Å²) in [5.74, 6) is -1.03. The van der Waals surface area contributed by atoms with Crippen LogP contribution in [0.15, 0.2) is 23.1 Å². The summed E-state index contributed by atoms with van der Waals surface area (Å²) in [5, 5.41) is 13.9. The largest absolute Gasteiger partial charge is 0.452 e. The average molecular weight is 398 g/mol. The van der Waals surface area contributed by atoms with Crippen LogP contribution in [0.5, 0.6) is 0 Å². The zero-order chi connectivity index (χ0) is 20.2. The molecule has 2 atom stereocenters. The number of hydrogen-bond donors (Lipinski definition) is 1. The molecule has 27 heavy (non-hydrogen) atoms. The Hall–Kier alpha value is -2.49. The van der Waals surface area contributed by atoms with Crippen molar-refractivity contribution in [2.75, 3.05) is 12.9 Å². The van der Waals surface area contributed by atoms with Crippen LogP contribution in [0.3, 0.4) is 0 Å². The van der Waals surface area contributed by atoms with Gasteiger partial charge in [-0.3, -0.25) is 14.9 Å². The van der Waals surface area contributed by atoms with Crippen LogP contribution in [0.25, 0.3) is 0 Å². The van der Waals surface area contributed by atoms with E-state index in [4.69, 9.17) is 4.74 Å². The van der Waals surface area contributed by atoms with Gasteiger partial charge in [0.05, 0.1) is 10.5 Å². The first kappa shape index (κ1) is 20.8. The van der Waals surface area contributed by atoms with Crippen LogP contribution in [0.2, 0.25) is 0 Å². The first-order chi connectivity index (χ1) is 12.6. The lowest BCUT2D eigenvalue weighted by Gasteiger charge is -2.29. The molecule has 0 aromatic heterocycles. The Kier molecular flexibility index (Phi) is 6.53. The molecule has 0 bridgehead atoms. The monoisotopic (exact) mass is 398 g/mol. The molecule has 1 N–H and O–H groups in total. The Labute approximate surface area is 157 Å². The molecule has 10 heteroatoms. The fraction of sp³-hybridized carbons (Fsp3) is 0.529. The number of amides is 1. The highest BCUT2D eigenvalue weighted by atomic mass is 32.2.